The summed E-state index contributed by atoms with van der Waals surface area (Å²) in [6.07, 6.45) is 5.73. The van der Waals surface area contributed by atoms with Gasteiger partial charge in [-0.05, 0) is 49.9 Å². The largest absolute Gasteiger partial charge is 0.490 e. The van der Waals surface area contributed by atoms with Crippen molar-refractivity contribution >= 4 is 0 Å². The van der Waals surface area contributed by atoms with Crippen LogP contribution in [0.25, 0.3) is 0 Å². The molecule has 0 amide bonds. The van der Waals surface area contributed by atoms with Crippen LogP contribution < -0.4 is 10.1 Å². The minimum atomic E-state index is -0.344. The predicted octanol–water partition coefficient (Wildman–Crippen LogP) is 3.34. The predicted molar refractivity (Wildman–Crippen MR) is 86.8 cm³/mol. The molecule has 0 spiro atoms. The molecule has 2 N–H and O–H groups in total. The van der Waals surface area contributed by atoms with Crippen molar-refractivity contribution in [1.29, 1.82) is 0 Å². The van der Waals surface area contributed by atoms with Crippen molar-refractivity contribution in [3.8, 4) is 5.75 Å². The first-order chi connectivity index (χ1) is 10.1. The first-order valence-corrected chi connectivity index (χ1v) is 8.15. The number of aliphatic hydroxyl groups is 1. The summed E-state index contributed by atoms with van der Waals surface area (Å²) in [7, 11) is 1.95. The molecular weight excluding hydrogens is 262 g/mol. The lowest BCUT2D eigenvalue weighted by molar-refractivity contribution is 0.0849. The molecule has 0 aliphatic heterocycles. The molecule has 0 radical (unpaired) electrons. The van der Waals surface area contributed by atoms with E-state index in [-0.39, 0.29) is 6.10 Å². The van der Waals surface area contributed by atoms with Gasteiger partial charge in [-0.3, -0.25) is 0 Å². The number of ether oxygens (including phenoxy) is 1. The Morgan fingerprint density at radius 2 is 1.86 bits per heavy atom. The van der Waals surface area contributed by atoms with Gasteiger partial charge in [-0.15, -0.1) is 0 Å². The van der Waals surface area contributed by atoms with E-state index in [4.69, 9.17) is 4.74 Å². The number of benzene rings is 1. The molecule has 1 aliphatic carbocycles. The molecule has 1 aromatic rings. The van der Waals surface area contributed by atoms with Crippen molar-refractivity contribution in [2.24, 2.45) is 5.92 Å². The van der Waals surface area contributed by atoms with Gasteiger partial charge in [-0.25, -0.2) is 0 Å². The number of aryl methyl sites for hydroxylation is 2. The van der Waals surface area contributed by atoms with Crippen LogP contribution in [-0.4, -0.2) is 24.9 Å². The van der Waals surface area contributed by atoms with E-state index in [9.17, 15) is 5.11 Å². The lowest BCUT2D eigenvalue weighted by atomic mass is 10.0. The lowest BCUT2D eigenvalue weighted by Gasteiger charge is -2.19. The molecule has 21 heavy (non-hydrogen) atoms. The highest BCUT2D eigenvalue weighted by atomic mass is 16.5. The topological polar surface area (TPSA) is 41.5 Å². The first-order valence-electron chi connectivity index (χ1n) is 8.15. The zero-order valence-corrected chi connectivity index (χ0v) is 13.6. The van der Waals surface area contributed by atoms with E-state index in [0.29, 0.717) is 12.5 Å². The Balaban J connectivity index is 1.89. The molecule has 2 rings (SSSR count). The Kier molecular flexibility index (Phi) is 6.07. The maximum absolute atomic E-state index is 10.2. The summed E-state index contributed by atoms with van der Waals surface area (Å²) < 4.78 is 5.90. The molecule has 0 aromatic heterocycles. The van der Waals surface area contributed by atoms with Crippen LogP contribution in [0.2, 0.25) is 0 Å². The Bertz CT molecular complexity index is 430. The van der Waals surface area contributed by atoms with Crippen LogP contribution in [-0.2, 0) is 6.54 Å². The zero-order chi connectivity index (χ0) is 15.2. The fraction of sp³-hybridized carbons (Fsp3) is 0.667. The standard InChI is InChI=1S/C18H29NO2/c1-13-8-16(11-19-3)9-14(2)18(13)21-12-17(20)10-15-6-4-5-7-15/h8-9,15,17,19-20H,4-7,10-12H2,1-3H3. The van der Waals surface area contributed by atoms with Gasteiger partial charge in [0.1, 0.15) is 12.4 Å². The van der Waals surface area contributed by atoms with Crippen molar-refractivity contribution < 1.29 is 9.84 Å². The summed E-state index contributed by atoms with van der Waals surface area (Å²) in [5.41, 5.74) is 3.56. The molecule has 1 saturated carbocycles. The highest BCUT2D eigenvalue weighted by Gasteiger charge is 2.19. The second kappa shape index (κ2) is 7.81. The summed E-state index contributed by atoms with van der Waals surface area (Å²) in [5.74, 6) is 1.63. The third-order valence-electron chi connectivity index (χ3n) is 4.40. The van der Waals surface area contributed by atoms with Crippen molar-refractivity contribution in [2.75, 3.05) is 13.7 Å². The van der Waals surface area contributed by atoms with Gasteiger partial charge in [0, 0.05) is 6.54 Å². The fourth-order valence-electron chi connectivity index (χ4n) is 3.45. The summed E-state index contributed by atoms with van der Waals surface area (Å²) in [5, 5.41) is 13.3. The van der Waals surface area contributed by atoms with Crippen molar-refractivity contribution in [2.45, 2.75) is 58.6 Å². The highest BCUT2D eigenvalue weighted by molar-refractivity contribution is 5.43. The van der Waals surface area contributed by atoms with Gasteiger partial charge in [0.05, 0.1) is 6.10 Å². The molecule has 0 bridgehead atoms. The maximum atomic E-state index is 10.2. The summed E-state index contributed by atoms with van der Waals surface area (Å²) in [6, 6.07) is 4.31. The van der Waals surface area contributed by atoms with Crippen LogP contribution in [0.4, 0.5) is 0 Å². The number of aliphatic hydroxyl groups excluding tert-OH is 1. The molecule has 1 atom stereocenters. The molecule has 3 heteroatoms. The van der Waals surface area contributed by atoms with E-state index in [1.807, 2.05) is 7.05 Å². The van der Waals surface area contributed by atoms with Crippen LogP contribution in [0.3, 0.4) is 0 Å². The van der Waals surface area contributed by atoms with Crippen LogP contribution >= 0.6 is 0 Å². The quantitative estimate of drug-likeness (QED) is 0.809. The van der Waals surface area contributed by atoms with Gasteiger partial charge in [0.25, 0.3) is 0 Å². The SMILES string of the molecule is CNCc1cc(C)c(OCC(O)CC2CCCC2)c(C)c1. The molecule has 0 saturated heterocycles. The number of rotatable bonds is 7. The third-order valence-corrected chi connectivity index (χ3v) is 4.40. The molecular formula is C18H29NO2. The Morgan fingerprint density at radius 3 is 2.43 bits per heavy atom. The average molecular weight is 291 g/mol. The van der Waals surface area contributed by atoms with Gasteiger partial charge >= 0.3 is 0 Å². The Hall–Kier alpha value is -1.06. The molecule has 3 nitrogen and oxygen atoms in total. The van der Waals surface area contributed by atoms with E-state index in [0.717, 1.165) is 29.8 Å². The second-order valence-electron chi connectivity index (χ2n) is 6.44. The minimum Gasteiger partial charge on any atom is -0.490 e. The summed E-state index contributed by atoms with van der Waals surface area (Å²) >= 11 is 0. The normalized spacial score (nSPS) is 17.1. The third kappa shape index (κ3) is 4.72. The number of hydrogen-bond acceptors (Lipinski definition) is 3. The van der Waals surface area contributed by atoms with Crippen molar-refractivity contribution in [3.63, 3.8) is 0 Å². The van der Waals surface area contributed by atoms with Crippen molar-refractivity contribution in [3.05, 3.63) is 28.8 Å². The van der Waals surface area contributed by atoms with E-state index >= 15 is 0 Å². The van der Waals surface area contributed by atoms with Gasteiger partial charge in [0.2, 0.25) is 0 Å². The minimum absolute atomic E-state index is 0.344. The van der Waals surface area contributed by atoms with Gasteiger partial charge in [-0.2, -0.15) is 0 Å². The van der Waals surface area contributed by atoms with Crippen molar-refractivity contribution in [1.82, 2.24) is 5.32 Å². The molecule has 1 aliphatic rings. The first kappa shape index (κ1) is 16.3. The Labute approximate surface area is 128 Å². The van der Waals surface area contributed by atoms with Gasteiger partial charge < -0.3 is 15.2 Å². The van der Waals surface area contributed by atoms with Crippen LogP contribution in [0.15, 0.2) is 12.1 Å². The molecule has 118 valence electrons. The van der Waals surface area contributed by atoms with E-state index < -0.39 is 0 Å². The lowest BCUT2D eigenvalue weighted by Crippen LogP contribution is -2.21. The van der Waals surface area contributed by atoms with E-state index in [1.165, 1.54) is 31.2 Å². The maximum Gasteiger partial charge on any atom is 0.125 e. The summed E-state index contributed by atoms with van der Waals surface area (Å²) in [4.78, 5) is 0. The number of nitrogens with one attached hydrogen (secondary N) is 1. The zero-order valence-electron chi connectivity index (χ0n) is 13.6. The van der Waals surface area contributed by atoms with Crippen LogP contribution in [0.5, 0.6) is 5.75 Å². The number of hydrogen-bond donors (Lipinski definition) is 2. The van der Waals surface area contributed by atoms with E-state index in [2.05, 4.69) is 31.3 Å². The van der Waals surface area contributed by atoms with E-state index in [1.54, 1.807) is 0 Å². The molecule has 0 heterocycles. The Morgan fingerprint density at radius 1 is 1.24 bits per heavy atom. The van der Waals surface area contributed by atoms with Crippen LogP contribution in [0.1, 0.15) is 48.8 Å². The molecule has 1 fully saturated rings. The smallest absolute Gasteiger partial charge is 0.125 e. The fourth-order valence-corrected chi connectivity index (χ4v) is 3.45. The molecule has 1 aromatic carbocycles. The monoisotopic (exact) mass is 291 g/mol. The average Bonchev–Trinajstić information content (AvgIpc) is 2.91. The summed E-state index contributed by atoms with van der Waals surface area (Å²) in [6.45, 7) is 5.42. The van der Waals surface area contributed by atoms with Gasteiger partial charge in [0.15, 0.2) is 0 Å². The molecule has 1 unspecified atom stereocenters. The second-order valence-corrected chi connectivity index (χ2v) is 6.44. The highest BCUT2D eigenvalue weighted by Crippen LogP contribution is 2.29. The van der Waals surface area contributed by atoms with Gasteiger partial charge in [-0.1, -0.05) is 37.8 Å². The van der Waals surface area contributed by atoms with Crippen LogP contribution in [0, 0.1) is 19.8 Å².